The van der Waals surface area contributed by atoms with Gasteiger partial charge < -0.3 is 51.4 Å². The molecule has 89 heavy (non-hydrogen) atoms. The molecule has 0 saturated heterocycles. The minimum atomic E-state index is -0.293. The molecule has 0 bridgehead atoms. The summed E-state index contributed by atoms with van der Waals surface area (Å²) in [6.07, 6.45) is 4.19. The summed E-state index contributed by atoms with van der Waals surface area (Å²) in [6.45, 7) is 66.0. The van der Waals surface area contributed by atoms with Crippen LogP contribution >= 0.6 is 0 Å². The molecule has 7 N–H and O–H groups in total. The molecular formula is C65H127N13O11. The number of rotatable bonds is 15. The molecular weight excluding hydrogens is 1140 g/mol. The zero-order valence-electron chi connectivity index (χ0n) is 61.9. The maximum absolute atomic E-state index is 11.6. The largest absolute Gasteiger partial charge is 0.459 e. The van der Waals surface area contributed by atoms with Gasteiger partial charge in [-0.25, -0.2) is 9.36 Å². The van der Waals surface area contributed by atoms with Crippen molar-refractivity contribution < 1.29 is 52.6 Å². The fraction of sp³-hybridized carbons (Fsp3) is 0.815. The van der Waals surface area contributed by atoms with Gasteiger partial charge in [0.05, 0.1) is 30.3 Å². The first-order valence-electron chi connectivity index (χ1n) is 30.6. The van der Waals surface area contributed by atoms with Crippen molar-refractivity contribution in [1.29, 1.82) is 0 Å². The Bertz CT molecular complexity index is 2390. The van der Waals surface area contributed by atoms with Crippen molar-refractivity contribution in [2.24, 2.45) is 10.8 Å². The van der Waals surface area contributed by atoms with E-state index in [1.54, 1.807) is 15.6 Å². The first-order chi connectivity index (χ1) is 39.3. The molecule has 2 rings (SSSR count). The maximum atomic E-state index is 11.6. The molecule has 0 atom stereocenters. The number of nitrogens with one attached hydrogen (secondary N) is 7. The van der Waals surface area contributed by atoms with Gasteiger partial charge in [-0.2, -0.15) is 0 Å². The van der Waals surface area contributed by atoms with Gasteiger partial charge in [-0.3, -0.25) is 38.4 Å². The Morgan fingerprint density at radius 3 is 1.00 bits per heavy atom. The molecule has 24 nitrogen and oxygen atoms in total. The highest BCUT2D eigenvalue weighted by atomic mass is 16.5. The van der Waals surface area contributed by atoms with Crippen LogP contribution in [-0.4, -0.2) is 142 Å². The second-order valence-corrected chi connectivity index (χ2v) is 33.0. The number of nitrogens with zero attached hydrogens (tertiary/aromatic N) is 6. The molecule has 0 aromatic carbocycles. The molecule has 0 fully saturated rings. The van der Waals surface area contributed by atoms with Gasteiger partial charge in [0.25, 0.3) is 0 Å². The predicted molar refractivity (Wildman–Crippen MR) is 354 cm³/mol. The molecule has 0 aliphatic carbocycles. The highest BCUT2D eigenvalue weighted by molar-refractivity contribution is 5.97. The maximum Gasteiger partial charge on any atom is 0.306 e. The first kappa shape index (κ1) is 89.4. The topological polar surface area (TPSA) is 310 Å². The number of hydrogen-bond acceptors (Lipinski definition) is 15. The second kappa shape index (κ2) is 38.0. The monoisotopic (exact) mass is 1270 g/mol. The van der Waals surface area contributed by atoms with Gasteiger partial charge in [0.1, 0.15) is 38.5 Å². The highest BCUT2D eigenvalue weighted by Gasteiger charge is 2.26. The summed E-state index contributed by atoms with van der Waals surface area (Å²) in [5.74, 6) is -1.12. The van der Waals surface area contributed by atoms with Crippen molar-refractivity contribution in [3.63, 3.8) is 0 Å². The molecule has 0 aliphatic rings. The Morgan fingerprint density at radius 2 is 0.719 bits per heavy atom. The van der Waals surface area contributed by atoms with Gasteiger partial charge in [0, 0.05) is 62.5 Å². The van der Waals surface area contributed by atoms with E-state index in [0.29, 0.717) is 17.8 Å². The number of esters is 1. The van der Waals surface area contributed by atoms with Crippen molar-refractivity contribution >= 4 is 47.3 Å². The van der Waals surface area contributed by atoms with E-state index in [4.69, 9.17) is 14.2 Å². The molecule has 2 aromatic rings. The van der Waals surface area contributed by atoms with Crippen LogP contribution in [0.3, 0.4) is 0 Å². The fourth-order valence-corrected chi connectivity index (χ4v) is 6.02. The zero-order chi connectivity index (χ0) is 71.3. The van der Waals surface area contributed by atoms with Crippen molar-refractivity contribution in [2.75, 3.05) is 19.8 Å². The van der Waals surface area contributed by atoms with E-state index in [0.717, 1.165) is 0 Å². The molecule has 24 heteroatoms. The number of carbonyl (C=O) groups excluding carboxylic acids is 8. The highest BCUT2D eigenvalue weighted by Crippen LogP contribution is 2.20. The Hall–Kier alpha value is -6.04. The van der Waals surface area contributed by atoms with E-state index in [1.165, 1.54) is 0 Å². The van der Waals surface area contributed by atoms with Crippen LogP contribution in [0, 0.1) is 10.8 Å². The van der Waals surface area contributed by atoms with Gasteiger partial charge in [-0.15, -0.1) is 10.2 Å². The van der Waals surface area contributed by atoms with Crippen molar-refractivity contribution in [3.8, 4) is 0 Å². The Kier molecular flexibility index (Phi) is 38.1. The van der Waals surface area contributed by atoms with E-state index in [9.17, 15) is 38.4 Å². The molecule has 0 spiro atoms. The average molecular weight is 1270 g/mol. The van der Waals surface area contributed by atoms with Gasteiger partial charge in [-0.1, -0.05) is 52.0 Å². The van der Waals surface area contributed by atoms with Crippen LogP contribution in [0.5, 0.6) is 0 Å². The van der Waals surface area contributed by atoms with E-state index < -0.39 is 0 Å². The Balaban J connectivity index is -0.000000490. The first-order valence-corrected chi connectivity index (χ1v) is 30.6. The summed E-state index contributed by atoms with van der Waals surface area (Å²) >= 11 is 0. The van der Waals surface area contributed by atoms with Crippen molar-refractivity contribution in [2.45, 2.75) is 318 Å². The fourth-order valence-electron chi connectivity index (χ4n) is 6.02. The number of aromatic nitrogens is 6. The van der Waals surface area contributed by atoms with E-state index in [2.05, 4.69) is 57.8 Å². The Morgan fingerprint density at radius 1 is 0.416 bits per heavy atom. The SMILES string of the molecule is CC(C)(C)NC(=O)C(C)(C)C.CC(C)(C)NC(=O)CC(=O)NC(C)(C)C.CC(C)(C)NC(=O)COC(C)(C)C.CC(C)(C)NC(=O)COCC(=O)NC(C)(C)C.CC(C)n1cc(CC(=O)NC(C)(C)C)nn1.CC(C)n1cc(COC(=O)CC(C)(C)C)nn1. The summed E-state index contributed by atoms with van der Waals surface area (Å²) in [5, 5.41) is 35.4. The predicted octanol–water partition coefficient (Wildman–Crippen LogP) is 9.36. The Labute approximate surface area is 537 Å². The molecule has 7 amide bonds. The minimum absolute atomic E-state index is 0.0247. The normalized spacial score (nSPS) is 12.2. The lowest BCUT2D eigenvalue weighted by molar-refractivity contribution is -0.147. The number of ether oxygens (including phenoxy) is 3. The van der Waals surface area contributed by atoms with Crippen LogP contribution in [0.25, 0.3) is 0 Å². The summed E-state index contributed by atoms with van der Waals surface area (Å²) in [6, 6.07) is 0.536. The quantitative estimate of drug-likeness (QED) is 0.0645. The van der Waals surface area contributed by atoms with Crippen LogP contribution in [-0.2, 0) is 65.6 Å². The minimum Gasteiger partial charge on any atom is -0.459 e. The summed E-state index contributed by atoms with van der Waals surface area (Å²) in [5.41, 5.74) is -0.861. The average Bonchev–Trinajstić information content (AvgIpc) is 4.17. The van der Waals surface area contributed by atoms with Crippen molar-refractivity contribution in [1.82, 2.24) is 67.2 Å². The molecule has 518 valence electrons. The standard InChI is InChI=1S/C12H21N3O2.C12H24N2O3.C11H20N4O.C11H22N2O2.C10H21NO2.C9H19NO/c1-9(2)15-7-10(13-14-15)8-17-11(16)6-12(3,4)5;1-11(2,3)13-9(15)7-17-8-10(16)14-12(4,5)6;1-8(2)15-7-9(13-14-15)6-10(16)12-11(3,4)5;1-10(2,3)12-8(14)7-9(15)13-11(4,5)6;1-9(2,3)11-8(12)7-13-10(4,5)6;1-8(2,3)7(11)10-9(4,5)6/h7,9H,6,8H2,1-5H3;7-8H2,1-6H3,(H,13,15)(H,14,16);7-8H,6H2,1-5H3,(H,12,16);7H2,1-6H3,(H,12,14)(H,13,15);7H2,1-6H3,(H,11,12);1-6H3,(H,10,11). The van der Waals surface area contributed by atoms with Gasteiger partial charge in [0.15, 0.2) is 0 Å². The molecule has 2 aromatic heterocycles. The molecule has 0 aliphatic heterocycles. The number of hydrogen-bond donors (Lipinski definition) is 7. The van der Waals surface area contributed by atoms with E-state index in [1.807, 2.05) is 242 Å². The lowest BCUT2D eigenvalue weighted by Gasteiger charge is -2.26. The van der Waals surface area contributed by atoms with Crippen LogP contribution in [0.4, 0.5) is 0 Å². The summed E-state index contributed by atoms with van der Waals surface area (Å²) < 4.78 is 19.0. The van der Waals surface area contributed by atoms with Gasteiger partial charge in [-0.05, 0) is 199 Å². The zero-order valence-corrected chi connectivity index (χ0v) is 61.9. The number of amides is 7. The van der Waals surface area contributed by atoms with E-state index >= 15 is 0 Å². The smallest absolute Gasteiger partial charge is 0.306 e. The van der Waals surface area contributed by atoms with Gasteiger partial charge in [0.2, 0.25) is 41.4 Å². The second-order valence-electron chi connectivity index (χ2n) is 33.0. The summed E-state index contributed by atoms with van der Waals surface area (Å²) in [4.78, 5) is 91.2. The molecule has 0 saturated carbocycles. The molecule has 2 heterocycles. The molecule has 0 radical (unpaired) electrons. The third kappa shape index (κ3) is 63.3. The van der Waals surface area contributed by atoms with Crippen LogP contribution in [0.2, 0.25) is 0 Å². The van der Waals surface area contributed by atoms with Crippen LogP contribution in [0.1, 0.15) is 272 Å². The lowest BCUT2D eigenvalue weighted by atomic mass is 9.92. The van der Waals surface area contributed by atoms with Crippen LogP contribution in [0.15, 0.2) is 12.4 Å². The number of carbonyl (C=O) groups is 8. The third-order valence-electron chi connectivity index (χ3n) is 9.25. The lowest BCUT2D eigenvalue weighted by Crippen LogP contribution is -2.46. The van der Waals surface area contributed by atoms with Crippen molar-refractivity contribution in [3.05, 3.63) is 23.8 Å². The summed E-state index contributed by atoms with van der Waals surface area (Å²) in [7, 11) is 0. The van der Waals surface area contributed by atoms with Crippen LogP contribution < -0.4 is 37.2 Å². The third-order valence-corrected chi connectivity index (χ3v) is 9.25. The molecule has 0 unspecified atom stereocenters. The van der Waals surface area contributed by atoms with E-state index in [-0.39, 0.29) is 154 Å². The van der Waals surface area contributed by atoms with Gasteiger partial charge >= 0.3 is 5.97 Å².